The molecule has 0 saturated heterocycles. The molecule has 6 nitrogen and oxygen atoms in total. The number of nitrogens with zero attached hydrogens (tertiary/aromatic N) is 5. The molecule has 0 aliphatic heterocycles. The molecule has 6 heteroatoms. The number of anilines is 1. The van der Waals surface area contributed by atoms with Crippen LogP contribution >= 0.6 is 0 Å². The van der Waals surface area contributed by atoms with E-state index >= 15 is 0 Å². The fraction of sp³-hybridized carbons (Fsp3) is 0.368. The first-order valence-corrected chi connectivity index (χ1v) is 8.66. The van der Waals surface area contributed by atoms with Crippen molar-refractivity contribution in [3.63, 3.8) is 0 Å². The number of nitriles is 1. The number of aryl methyl sites for hydroxylation is 2. The Hall–Kier alpha value is -2.94. The normalized spacial score (nSPS) is 15.1. The highest BCUT2D eigenvalue weighted by atomic mass is 15.1. The molecule has 1 aliphatic carbocycles. The van der Waals surface area contributed by atoms with Gasteiger partial charge in [-0.3, -0.25) is 0 Å². The number of hydrogen-bond acceptors (Lipinski definition) is 5. The molecule has 1 aromatic carbocycles. The summed E-state index contributed by atoms with van der Waals surface area (Å²) < 4.78 is 2.10. The van der Waals surface area contributed by atoms with E-state index in [1.54, 1.807) is 6.20 Å². The van der Waals surface area contributed by atoms with Gasteiger partial charge in [-0.15, -0.1) is 0 Å². The lowest BCUT2D eigenvalue weighted by Crippen LogP contribution is -2.14. The van der Waals surface area contributed by atoms with Gasteiger partial charge in [0.15, 0.2) is 0 Å². The molecule has 0 spiro atoms. The van der Waals surface area contributed by atoms with Crippen LogP contribution in [0.4, 0.5) is 5.95 Å². The molecule has 0 bridgehead atoms. The van der Waals surface area contributed by atoms with Gasteiger partial charge in [-0.25, -0.2) is 15.0 Å². The summed E-state index contributed by atoms with van der Waals surface area (Å²) in [6.45, 7) is 4.77. The van der Waals surface area contributed by atoms with E-state index in [9.17, 15) is 5.26 Å². The van der Waals surface area contributed by atoms with Gasteiger partial charge in [0.2, 0.25) is 5.95 Å². The molecular weight excluding hydrogens is 312 g/mol. The van der Waals surface area contributed by atoms with E-state index in [1.165, 1.54) is 0 Å². The summed E-state index contributed by atoms with van der Waals surface area (Å²) in [7, 11) is 0. The maximum atomic E-state index is 9.90. The topological polar surface area (TPSA) is 79.4 Å². The third-order valence-corrected chi connectivity index (χ3v) is 4.58. The highest BCUT2D eigenvalue weighted by Gasteiger charge is 2.26. The van der Waals surface area contributed by atoms with E-state index in [1.807, 2.05) is 31.2 Å². The summed E-state index contributed by atoms with van der Waals surface area (Å²) in [6, 6.07) is 10.9. The molecule has 2 heterocycles. The molecule has 1 N–H and O–H groups in total. The Bertz CT molecular complexity index is 964. The Morgan fingerprint density at radius 2 is 2.12 bits per heavy atom. The van der Waals surface area contributed by atoms with E-state index in [0.717, 1.165) is 47.5 Å². The monoisotopic (exact) mass is 332 g/mol. The Labute approximate surface area is 146 Å². The van der Waals surface area contributed by atoms with Gasteiger partial charge in [0.1, 0.15) is 11.7 Å². The second-order valence-electron chi connectivity index (χ2n) is 6.45. The number of imidazole rings is 1. The van der Waals surface area contributed by atoms with E-state index < -0.39 is 5.92 Å². The van der Waals surface area contributed by atoms with Crippen LogP contribution in [0.5, 0.6) is 0 Å². The van der Waals surface area contributed by atoms with E-state index in [2.05, 4.69) is 32.8 Å². The van der Waals surface area contributed by atoms with E-state index in [0.29, 0.717) is 12.0 Å². The smallest absolute Gasteiger partial charge is 0.223 e. The summed E-state index contributed by atoms with van der Waals surface area (Å²) in [4.78, 5) is 13.7. The van der Waals surface area contributed by atoms with Crippen LogP contribution in [0.2, 0.25) is 0 Å². The Morgan fingerprint density at radius 1 is 1.32 bits per heavy atom. The molecule has 1 aliphatic rings. The third kappa shape index (κ3) is 2.82. The van der Waals surface area contributed by atoms with Crippen LogP contribution in [0.3, 0.4) is 0 Å². The molecule has 4 rings (SSSR count). The summed E-state index contributed by atoms with van der Waals surface area (Å²) in [6.07, 6.45) is 4.09. The molecule has 0 radical (unpaired) electrons. The molecule has 0 amide bonds. The minimum atomic E-state index is -0.518. The first-order chi connectivity index (χ1) is 12.2. The van der Waals surface area contributed by atoms with Gasteiger partial charge in [0.05, 0.1) is 22.8 Å². The third-order valence-electron chi connectivity index (χ3n) is 4.58. The highest BCUT2D eigenvalue weighted by molar-refractivity contribution is 5.76. The van der Waals surface area contributed by atoms with Crippen molar-refractivity contribution in [2.75, 3.05) is 5.32 Å². The van der Waals surface area contributed by atoms with Crippen LogP contribution < -0.4 is 5.32 Å². The molecule has 25 heavy (non-hydrogen) atoms. The number of benzene rings is 1. The van der Waals surface area contributed by atoms with Crippen molar-refractivity contribution >= 4 is 17.0 Å². The van der Waals surface area contributed by atoms with Gasteiger partial charge in [-0.1, -0.05) is 12.1 Å². The maximum absolute atomic E-state index is 9.90. The van der Waals surface area contributed by atoms with Crippen LogP contribution in [-0.2, 0) is 6.54 Å². The zero-order valence-corrected chi connectivity index (χ0v) is 14.4. The lowest BCUT2D eigenvalue weighted by atomic mass is 10.0. The number of hydrogen-bond donors (Lipinski definition) is 1. The van der Waals surface area contributed by atoms with Gasteiger partial charge in [-0.2, -0.15) is 5.26 Å². The number of nitrogens with one attached hydrogen (secondary N) is 1. The van der Waals surface area contributed by atoms with Gasteiger partial charge in [0, 0.05) is 18.8 Å². The van der Waals surface area contributed by atoms with Crippen molar-refractivity contribution in [3.05, 3.63) is 47.5 Å². The second-order valence-corrected chi connectivity index (χ2v) is 6.45. The van der Waals surface area contributed by atoms with Crippen molar-refractivity contribution in [1.82, 2.24) is 19.5 Å². The summed E-state index contributed by atoms with van der Waals surface area (Å²) in [5, 5.41) is 13.2. The van der Waals surface area contributed by atoms with Crippen LogP contribution in [0.25, 0.3) is 11.0 Å². The largest absolute Gasteiger partial charge is 0.351 e. The Kier molecular flexibility index (Phi) is 3.85. The molecule has 2 aromatic heterocycles. The molecule has 1 saturated carbocycles. The molecule has 1 unspecified atom stereocenters. The number of aromatic nitrogens is 4. The minimum Gasteiger partial charge on any atom is -0.351 e. The van der Waals surface area contributed by atoms with Crippen molar-refractivity contribution in [1.29, 1.82) is 5.26 Å². The lowest BCUT2D eigenvalue weighted by molar-refractivity contribution is 0.702. The molecule has 1 atom stereocenters. The van der Waals surface area contributed by atoms with Crippen LogP contribution in [-0.4, -0.2) is 25.6 Å². The summed E-state index contributed by atoms with van der Waals surface area (Å²) in [5.74, 6) is 0.822. The first-order valence-electron chi connectivity index (χ1n) is 8.66. The standard InChI is InChI=1S/C19H20N6/c1-3-25-16-7-5-4-6-15(16)23-18(25)14(10-20)17-12(2)11-21-19(24-17)22-13-8-9-13/h4-7,11,13-14H,3,8-9H2,1-2H3,(H,21,22,24). The van der Waals surface area contributed by atoms with Crippen molar-refractivity contribution in [2.45, 2.75) is 45.2 Å². The van der Waals surface area contributed by atoms with Crippen LogP contribution in [0.15, 0.2) is 30.5 Å². The van der Waals surface area contributed by atoms with Gasteiger partial charge >= 0.3 is 0 Å². The lowest BCUT2D eigenvalue weighted by Gasteiger charge is -2.14. The fourth-order valence-electron chi connectivity index (χ4n) is 3.12. The predicted molar refractivity (Wildman–Crippen MR) is 96.3 cm³/mol. The van der Waals surface area contributed by atoms with Gasteiger partial charge < -0.3 is 9.88 Å². The first kappa shape index (κ1) is 15.6. The average Bonchev–Trinajstić information content (AvgIpc) is 3.36. The van der Waals surface area contributed by atoms with Gasteiger partial charge in [-0.05, 0) is 44.4 Å². The van der Waals surface area contributed by atoms with Crippen LogP contribution in [0, 0.1) is 18.3 Å². The molecular formula is C19H20N6. The molecule has 1 fully saturated rings. The highest BCUT2D eigenvalue weighted by Crippen LogP contribution is 2.29. The molecule has 3 aromatic rings. The number of rotatable bonds is 5. The Morgan fingerprint density at radius 3 is 2.84 bits per heavy atom. The predicted octanol–water partition coefficient (Wildman–Crippen LogP) is 3.38. The summed E-state index contributed by atoms with van der Waals surface area (Å²) >= 11 is 0. The molecule has 126 valence electrons. The SMILES string of the molecule is CCn1c(C(C#N)c2nc(NC3CC3)ncc2C)nc2ccccc21. The minimum absolute atomic E-state index is 0.469. The van der Waals surface area contributed by atoms with E-state index in [-0.39, 0.29) is 0 Å². The van der Waals surface area contributed by atoms with Gasteiger partial charge in [0.25, 0.3) is 0 Å². The Balaban J connectivity index is 1.82. The number of fused-ring (bicyclic) bond motifs is 1. The van der Waals surface area contributed by atoms with Crippen LogP contribution in [0.1, 0.15) is 42.8 Å². The summed E-state index contributed by atoms with van der Waals surface area (Å²) in [5.41, 5.74) is 3.58. The average molecular weight is 332 g/mol. The van der Waals surface area contributed by atoms with Crippen molar-refractivity contribution in [2.24, 2.45) is 0 Å². The quantitative estimate of drug-likeness (QED) is 0.775. The van der Waals surface area contributed by atoms with Crippen molar-refractivity contribution in [3.8, 4) is 6.07 Å². The van der Waals surface area contributed by atoms with E-state index in [4.69, 9.17) is 4.98 Å². The zero-order chi connectivity index (χ0) is 17.4. The fourth-order valence-corrected chi connectivity index (χ4v) is 3.12. The van der Waals surface area contributed by atoms with Crippen molar-refractivity contribution < 1.29 is 0 Å². The zero-order valence-electron chi connectivity index (χ0n) is 14.4. The maximum Gasteiger partial charge on any atom is 0.223 e. The second kappa shape index (κ2) is 6.17. The number of para-hydroxylation sites is 2.